The Labute approximate surface area is 127 Å². The van der Waals surface area contributed by atoms with Crippen molar-refractivity contribution in [3.8, 4) is 6.07 Å². The second-order valence-corrected chi connectivity index (χ2v) is 5.37. The Hall–Kier alpha value is -1.99. The predicted molar refractivity (Wildman–Crippen MR) is 86.3 cm³/mol. The van der Waals surface area contributed by atoms with Crippen molar-refractivity contribution in [3.05, 3.63) is 58.6 Å². The number of anilines is 2. The number of nitrogen functional groups attached to an aromatic ring is 1. The van der Waals surface area contributed by atoms with Crippen LogP contribution in [0.4, 0.5) is 11.4 Å². The topological polar surface area (TPSA) is 53.0 Å². The van der Waals surface area contributed by atoms with Crippen LogP contribution in [0.25, 0.3) is 0 Å². The summed E-state index contributed by atoms with van der Waals surface area (Å²) in [5.74, 6) is 0. The van der Waals surface area contributed by atoms with Gasteiger partial charge >= 0.3 is 0 Å². The van der Waals surface area contributed by atoms with Crippen LogP contribution in [0.15, 0.2) is 53.0 Å². The Morgan fingerprint density at radius 1 is 1.15 bits per heavy atom. The van der Waals surface area contributed by atoms with Gasteiger partial charge in [0, 0.05) is 28.9 Å². The molecular weight excluding hydrogens is 314 g/mol. The summed E-state index contributed by atoms with van der Waals surface area (Å²) in [6.07, 6.45) is 0.501. The smallest absolute Gasteiger partial charge is 0.0640 e. The lowest BCUT2D eigenvalue weighted by atomic mass is 10.1. The van der Waals surface area contributed by atoms with Crippen LogP contribution in [-0.4, -0.2) is 6.54 Å². The molecule has 20 heavy (non-hydrogen) atoms. The fourth-order valence-electron chi connectivity index (χ4n) is 2.02. The Morgan fingerprint density at radius 2 is 1.90 bits per heavy atom. The summed E-state index contributed by atoms with van der Waals surface area (Å²) in [5, 5.41) is 8.82. The number of rotatable bonds is 5. The molecule has 0 saturated heterocycles. The molecule has 2 aromatic rings. The molecule has 2 aromatic carbocycles. The van der Waals surface area contributed by atoms with Gasteiger partial charge in [-0.15, -0.1) is 0 Å². The summed E-state index contributed by atoms with van der Waals surface area (Å²) in [7, 11) is 0. The summed E-state index contributed by atoms with van der Waals surface area (Å²) in [5.41, 5.74) is 8.77. The van der Waals surface area contributed by atoms with Crippen LogP contribution in [0.2, 0.25) is 0 Å². The molecule has 102 valence electrons. The SMILES string of the molecule is N#CCCN(Cc1ccc(N)cc1Br)c1ccccc1. The van der Waals surface area contributed by atoms with E-state index in [0.29, 0.717) is 13.0 Å². The minimum absolute atomic E-state index is 0.501. The molecule has 0 saturated carbocycles. The van der Waals surface area contributed by atoms with E-state index in [1.54, 1.807) is 0 Å². The first-order valence-corrected chi connectivity index (χ1v) is 7.21. The highest BCUT2D eigenvalue weighted by Gasteiger charge is 2.09. The highest BCUT2D eigenvalue weighted by Crippen LogP contribution is 2.24. The van der Waals surface area contributed by atoms with Gasteiger partial charge in [-0.3, -0.25) is 0 Å². The maximum atomic E-state index is 8.82. The van der Waals surface area contributed by atoms with E-state index in [1.807, 2.05) is 36.4 Å². The molecule has 0 heterocycles. The zero-order valence-corrected chi connectivity index (χ0v) is 12.7. The molecule has 0 unspecified atom stereocenters. The van der Waals surface area contributed by atoms with Crippen LogP contribution in [0.5, 0.6) is 0 Å². The highest BCUT2D eigenvalue weighted by molar-refractivity contribution is 9.10. The summed E-state index contributed by atoms with van der Waals surface area (Å²) in [6, 6.07) is 18.1. The monoisotopic (exact) mass is 329 g/mol. The lowest BCUT2D eigenvalue weighted by Gasteiger charge is -2.24. The van der Waals surface area contributed by atoms with E-state index in [0.717, 1.165) is 28.0 Å². The fourth-order valence-corrected chi connectivity index (χ4v) is 2.54. The molecule has 0 bridgehead atoms. The Morgan fingerprint density at radius 3 is 2.55 bits per heavy atom. The number of nitrogens with two attached hydrogens (primary N) is 1. The van der Waals surface area contributed by atoms with Gasteiger partial charge in [0.2, 0.25) is 0 Å². The van der Waals surface area contributed by atoms with Crippen molar-refractivity contribution in [2.75, 3.05) is 17.2 Å². The van der Waals surface area contributed by atoms with Gasteiger partial charge in [-0.25, -0.2) is 0 Å². The number of hydrogen-bond acceptors (Lipinski definition) is 3. The van der Waals surface area contributed by atoms with Gasteiger partial charge in [-0.1, -0.05) is 40.2 Å². The number of benzene rings is 2. The molecule has 0 aliphatic heterocycles. The molecular formula is C16H16BrN3. The van der Waals surface area contributed by atoms with Crippen LogP contribution in [0.3, 0.4) is 0 Å². The molecule has 0 aliphatic rings. The van der Waals surface area contributed by atoms with Gasteiger partial charge in [-0.2, -0.15) is 5.26 Å². The molecule has 0 radical (unpaired) electrons. The Kier molecular flexibility index (Phi) is 5.03. The minimum Gasteiger partial charge on any atom is -0.399 e. The first-order chi connectivity index (χ1) is 9.70. The Balaban J connectivity index is 2.22. The molecule has 4 heteroatoms. The zero-order valence-electron chi connectivity index (χ0n) is 11.1. The summed E-state index contributed by atoms with van der Waals surface area (Å²) >= 11 is 3.54. The van der Waals surface area contributed by atoms with Gasteiger partial charge in [0.15, 0.2) is 0 Å². The standard InChI is InChI=1S/C16H16BrN3/c17-16-11-14(19)8-7-13(16)12-20(10-4-9-18)15-5-2-1-3-6-15/h1-3,5-8,11H,4,10,12,19H2. The quantitative estimate of drug-likeness (QED) is 0.845. The van der Waals surface area contributed by atoms with Crippen molar-refractivity contribution in [1.82, 2.24) is 0 Å². The molecule has 0 spiro atoms. The van der Waals surface area contributed by atoms with Crippen molar-refractivity contribution in [2.45, 2.75) is 13.0 Å². The van der Waals surface area contributed by atoms with Gasteiger partial charge in [-0.05, 0) is 29.8 Å². The summed E-state index contributed by atoms with van der Waals surface area (Å²) in [6.45, 7) is 1.45. The average molecular weight is 330 g/mol. The summed E-state index contributed by atoms with van der Waals surface area (Å²) in [4.78, 5) is 2.19. The Bertz CT molecular complexity index is 605. The van der Waals surface area contributed by atoms with E-state index >= 15 is 0 Å². The van der Waals surface area contributed by atoms with Crippen molar-refractivity contribution in [1.29, 1.82) is 5.26 Å². The molecule has 2 N–H and O–H groups in total. The predicted octanol–water partition coefficient (Wildman–Crippen LogP) is 3.95. The zero-order chi connectivity index (χ0) is 14.4. The molecule has 0 amide bonds. The third kappa shape index (κ3) is 3.75. The maximum absolute atomic E-state index is 8.82. The number of para-hydroxylation sites is 1. The van der Waals surface area contributed by atoms with Crippen LogP contribution < -0.4 is 10.6 Å². The largest absolute Gasteiger partial charge is 0.399 e. The van der Waals surface area contributed by atoms with Crippen LogP contribution >= 0.6 is 15.9 Å². The van der Waals surface area contributed by atoms with E-state index in [-0.39, 0.29) is 0 Å². The third-order valence-corrected chi connectivity index (χ3v) is 3.79. The van der Waals surface area contributed by atoms with Crippen molar-refractivity contribution in [2.24, 2.45) is 0 Å². The van der Waals surface area contributed by atoms with Gasteiger partial charge < -0.3 is 10.6 Å². The number of nitrogens with zero attached hydrogens (tertiary/aromatic N) is 2. The molecule has 0 aliphatic carbocycles. The number of hydrogen-bond donors (Lipinski definition) is 1. The van der Waals surface area contributed by atoms with E-state index in [4.69, 9.17) is 11.0 Å². The summed E-state index contributed by atoms with van der Waals surface area (Å²) < 4.78 is 0.996. The molecule has 2 rings (SSSR count). The number of halogens is 1. The maximum Gasteiger partial charge on any atom is 0.0640 e. The molecule has 0 aromatic heterocycles. The number of nitriles is 1. The van der Waals surface area contributed by atoms with Gasteiger partial charge in [0.1, 0.15) is 0 Å². The average Bonchev–Trinajstić information content (AvgIpc) is 2.46. The van der Waals surface area contributed by atoms with Crippen molar-refractivity contribution in [3.63, 3.8) is 0 Å². The molecule has 3 nitrogen and oxygen atoms in total. The normalized spacial score (nSPS) is 10.0. The first kappa shape index (κ1) is 14.4. The van der Waals surface area contributed by atoms with E-state index in [2.05, 4.69) is 39.0 Å². The van der Waals surface area contributed by atoms with Crippen LogP contribution in [0, 0.1) is 11.3 Å². The first-order valence-electron chi connectivity index (χ1n) is 6.41. The van der Waals surface area contributed by atoms with E-state index in [1.165, 1.54) is 0 Å². The second-order valence-electron chi connectivity index (χ2n) is 4.52. The van der Waals surface area contributed by atoms with E-state index in [9.17, 15) is 0 Å². The highest BCUT2D eigenvalue weighted by atomic mass is 79.9. The lowest BCUT2D eigenvalue weighted by Crippen LogP contribution is -2.23. The van der Waals surface area contributed by atoms with E-state index < -0.39 is 0 Å². The second kappa shape index (κ2) is 6.97. The van der Waals surface area contributed by atoms with Gasteiger partial charge in [0.25, 0.3) is 0 Å². The minimum atomic E-state index is 0.501. The van der Waals surface area contributed by atoms with Crippen molar-refractivity contribution < 1.29 is 0 Å². The fraction of sp³-hybridized carbons (Fsp3) is 0.188. The lowest BCUT2D eigenvalue weighted by molar-refractivity contribution is 0.796. The van der Waals surface area contributed by atoms with Crippen LogP contribution in [0.1, 0.15) is 12.0 Å². The van der Waals surface area contributed by atoms with Crippen molar-refractivity contribution >= 4 is 27.3 Å². The van der Waals surface area contributed by atoms with Gasteiger partial charge in [0.05, 0.1) is 12.5 Å². The van der Waals surface area contributed by atoms with Crippen LogP contribution in [-0.2, 0) is 6.54 Å². The third-order valence-electron chi connectivity index (χ3n) is 3.05. The molecule has 0 atom stereocenters. The molecule has 0 fully saturated rings.